The van der Waals surface area contributed by atoms with Gasteiger partial charge in [0.15, 0.2) is 5.65 Å². The Morgan fingerprint density at radius 3 is 2.57 bits per heavy atom. The number of ether oxygens (including phenoxy) is 1. The van der Waals surface area contributed by atoms with Crippen LogP contribution in [0.15, 0.2) is 48.9 Å². The summed E-state index contributed by atoms with van der Waals surface area (Å²) >= 11 is 0. The average molecular weight is 378 g/mol. The van der Waals surface area contributed by atoms with E-state index in [0.29, 0.717) is 25.9 Å². The lowest BCUT2D eigenvalue weighted by molar-refractivity contribution is -0.144. The maximum absolute atomic E-state index is 12.2. The Morgan fingerprint density at radius 2 is 1.86 bits per heavy atom. The number of rotatable bonds is 4. The fourth-order valence-corrected chi connectivity index (χ4v) is 3.72. The molecule has 7 nitrogen and oxygen atoms in total. The van der Waals surface area contributed by atoms with Crippen molar-refractivity contribution in [2.24, 2.45) is 0 Å². The number of aliphatic hydroxyl groups is 1. The summed E-state index contributed by atoms with van der Waals surface area (Å²) in [6.07, 6.45) is 6.29. The Hall–Kier alpha value is -2.93. The molecule has 2 aromatic heterocycles. The number of likely N-dealkylation sites (tertiary alicyclic amines) is 1. The van der Waals surface area contributed by atoms with E-state index in [2.05, 4.69) is 10.1 Å². The molecule has 0 atom stereocenters. The third-order valence-electron chi connectivity index (χ3n) is 5.62. The largest absolute Gasteiger partial charge is 0.490 e. The van der Waals surface area contributed by atoms with Crippen LogP contribution in [-0.4, -0.2) is 55.3 Å². The van der Waals surface area contributed by atoms with Crippen molar-refractivity contribution in [3.05, 3.63) is 48.9 Å². The Kier molecular flexibility index (Phi) is 4.05. The van der Waals surface area contributed by atoms with E-state index in [0.717, 1.165) is 35.4 Å². The molecule has 5 rings (SSSR count). The van der Waals surface area contributed by atoms with Gasteiger partial charge in [-0.15, -0.1) is 0 Å². The molecule has 3 aromatic rings. The van der Waals surface area contributed by atoms with Crippen molar-refractivity contribution in [2.45, 2.75) is 37.4 Å². The lowest BCUT2D eigenvalue weighted by Crippen LogP contribution is -2.46. The van der Waals surface area contributed by atoms with E-state index in [4.69, 9.17) is 4.74 Å². The maximum Gasteiger partial charge on any atom is 0.254 e. The smallest absolute Gasteiger partial charge is 0.254 e. The topological polar surface area (TPSA) is 80.0 Å². The van der Waals surface area contributed by atoms with Crippen molar-refractivity contribution in [1.29, 1.82) is 0 Å². The highest BCUT2D eigenvalue weighted by Gasteiger charge is 2.50. The van der Waals surface area contributed by atoms with E-state index in [1.165, 1.54) is 0 Å². The molecule has 0 spiro atoms. The number of benzene rings is 1. The van der Waals surface area contributed by atoms with Gasteiger partial charge in [0, 0.05) is 32.1 Å². The molecule has 2 fully saturated rings. The van der Waals surface area contributed by atoms with Crippen molar-refractivity contribution < 1.29 is 14.6 Å². The van der Waals surface area contributed by atoms with Gasteiger partial charge in [-0.1, -0.05) is 12.1 Å². The monoisotopic (exact) mass is 378 g/mol. The third kappa shape index (κ3) is 3.22. The Balaban J connectivity index is 1.20. The van der Waals surface area contributed by atoms with Crippen LogP contribution < -0.4 is 4.74 Å². The number of amides is 1. The number of aromatic nitrogens is 3. The summed E-state index contributed by atoms with van der Waals surface area (Å²) in [5.41, 5.74) is 1.92. The normalized spacial score (nSPS) is 19.0. The first-order valence-corrected chi connectivity index (χ1v) is 9.69. The highest BCUT2D eigenvalue weighted by atomic mass is 16.5. The van der Waals surface area contributed by atoms with Gasteiger partial charge in [-0.05, 0) is 48.2 Å². The molecule has 1 aromatic carbocycles. The fourth-order valence-electron chi connectivity index (χ4n) is 3.72. The van der Waals surface area contributed by atoms with Crippen molar-refractivity contribution in [2.75, 3.05) is 13.1 Å². The van der Waals surface area contributed by atoms with Crippen LogP contribution in [0.3, 0.4) is 0 Å². The predicted octanol–water partition coefficient (Wildman–Crippen LogP) is 2.29. The summed E-state index contributed by atoms with van der Waals surface area (Å²) in [6.45, 7) is 1.28. The molecule has 1 amide bonds. The lowest BCUT2D eigenvalue weighted by Gasteiger charge is -2.33. The third-order valence-corrected chi connectivity index (χ3v) is 5.62. The molecule has 0 bridgehead atoms. The molecular weight excluding hydrogens is 356 g/mol. The molecule has 144 valence electrons. The molecule has 2 aliphatic rings. The van der Waals surface area contributed by atoms with Crippen LogP contribution in [0, 0.1) is 0 Å². The van der Waals surface area contributed by atoms with Crippen molar-refractivity contribution >= 4 is 11.6 Å². The number of hydrogen-bond acceptors (Lipinski definition) is 5. The first kappa shape index (κ1) is 17.2. The van der Waals surface area contributed by atoms with E-state index < -0.39 is 5.60 Å². The minimum Gasteiger partial charge on any atom is -0.490 e. The van der Waals surface area contributed by atoms with Crippen molar-refractivity contribution in [1.82, 2.24) is 19.5 Å². The Bertz CT molecular complexity index is 1000. The zero-order valence-electron chi connectivity index (χ0n) is 15.5. The molecule has 0 radical (unpaired) electrons. The molecule has 1 aliphatic heterocycles. The van der Waals surface area contributed by atoms with Gasteiger partial charge < -0.3 is 14.7 Å². The van der Waals surface area contributed by atoms with Crippen LogP contribution in [0.5, 0.6) is 5.75 Å². The van der Waals surface area contributed by atoms with Crippen molar-refractivity contribution in [3.63, 3.8) is 0 Å². The first-order valence-electron chi connectivity index (χ1n) is 9.69. The number of carbonyl (C=O) groups excluding carboxylic acids is 1. The van der Waals surface area contributed by atoms with Crippen LogP contribution in [0.4, 0.5) is 0 Å². The maximum atomic E-state index is 12.2. The minimum absolute atomic E-state index is 0.0936. The van der Waals surface area contributed by atoms with E-state index >= 15 is 0 Å². The van der Waals surface area contributed by atoms with Crippen LogP contribution in [0.25, 0.3) is 16.8 Å². The zero-order valence-corrected chi connectivity index (χ0v) is 15.5. The summed E-state index contributed by atoms with van der Waals surface area (Å²) in [6, 6.07) is 12.1. The molecule has 1 aliphatic carbocycles. The molecule has 1 saturated heterocycles. The molecule has 0 unspecified atom stereocenters. The highest BCUT2D eigenvalue weighted by Crippen LogP contribution is 2.37. The van der Waals surface area contributed by atoms with Gasteiger partial charge in [-0.25, -0.2) is 9.50 Å². The number of nitrogens with zero attached hydrogens (tertiary/aromatic N) is 4. The van der Waals surface area contributed by atoms with Gasteiger partial charge >= 0.3 is 0 Å². The fraction of sp³-hybridized carbons (Fsp3) is 0.381. The van der Waals surface area contributed by atoms with E-state index in [-0.39, 0.29) is 12.0 Å². The first-order chi connectivity index (χ1) is 13.6. The second kappa shape index (κ2) is 6.60. The van der Waals surface area contributed by atoms with E-state index in [1.807, 2.05) is 42.6 Å². The van der Waals surface area contributed by atoms with Gasteiger partial charge in [0.1, 0.15) is 23.8 Å². The highest BCUT2D eigenvalue weighted by molar-refractivity contribution is 5.87. The van der Waals surface area contributed by atoms with E-state index in [9.17, 15) is 9.90 Å². The van der Waals surface area contributed by atoms with Gasteiger partial charge in [-0.3, -0.25) is 4.79 Å². The minimum atomic E-state index is -1.07. The molecule has 7 heteroatoms. The predicted molar refractivity (Wildman–Crippen MR) is 103 cm³/mol. The zero-order chi connectivity index (χ0) is 19.1. The average Bonchev–Trinajstić information content (AvgIpc) is 3.31. The summed E-state index contributed by atoms with van der Waals surface area (Å²) in [5, 5.41) is 14.1. The number of piperidine rings is 1. The molecule has 3 heterocycles. The second-order valence-corrected chi connectivity index (χ2v) is 7.64. The van der Waals surface area contributed by atoms with Crippen LogP contribution >= 0.6 is 0 Å². The lowest BCUT2D eigenvalue weighted by atomic mass is 10.1. The number of hydrogen-bond donors (Lipinski definition) is 1. The quantitative estimate of drug-likeness (QED) is 0.754. The molecular formula is C21H22N4O3. The van der Waals surface area contributed by atoms with Gasteiger partial charge in [0.25, 0.3) is 5.91 Å². The Labute approximate surface area is 162 Å². The SMILES string of the molecule is O=C(N1CCC(Oc2ccc(-c3ccn4ncnc4c3)cc2)CC1)C1(O)CC1. The summed E-state index contributed by atoms with van der Waals surface area (Å²) in [5.74, 6) is 0.720. The van der Waals surface area contributed by atoms with Gasteiger partial charge in [-0.2, -0.15) is 5.10 Å². The standard InChI is InChI=1S/C21H22N4O3/c26-20(21(27)8-9-21)24-10-6-18(7-11-24)28-17-3-1-15(2-4-17)16-5-12-25-19(13-16)22-14-23-25/h1-5,12-14,18,27H,6-11H2. The van der Waals surface area contributed by atoms with Gasteiger partial charge in [0.2, 0.25) is 0 Å². The Morgan fingerprint density at radius 1 is 1.11 bits per heavy atom. The molecule has 1 saturated carbocycles. The van der Waals surface area contributed by atoms with Crippen molar-refractivity contribution in [3.8, 4) is 16.9 Å². The summed E-state index contributed by atoms with van der Waals surface area (Å²) < 4.78 is 7.84. The number of pyridine rings is 1. The number of carbonyl (C=O) groups is 1. The molecule has 1 N–H and O–H groups in total. The van der Waals surface area contributed by atoms with Crippen LogP contribution in [0.2, 0.25) is 0 Å². The molecule has 28 heavy (non-hydrogen) atoms. The van der Waals surface area contributed by atoms with Gasteiger partial charge in [0.05, 0.1) is 0 Å². The summed E-state index contributed by atoms with van der Waals surface area (Å²) in [7, 11) is 0. The van der Waals surface area contributed by atoms with Crippen LogP contribution in [0.1, 0.15) is 25.7 Å². The van der Waals surface area contributed by atoms with Crippen LogP contribution in [-0.2, 0) is 4.79 Å². The second-order valence-electron chi connectivity index (χ2n) is 7.64. The summed E-state index contributed by atoms with van der Waals surface area (Å²) in [4.78, 5) is 18.2. The number of fused-ring (bicyclic) bond motifs is 1. The van der Waals surface area contributed by atoms with E-state index in [1.54, 1.807) is 15.7 Å².